The maximum absolute atomic E-state index is 7.36. The molecule has 53 heavy (non-hydrogen) atoms. The molecule has 4 aliphatic heterocycles. The molecule has 19 atom stereocenters. The fraction of sp³-hybridized carbons (Fsp3) is 1.00. The predicted octanol–water partition coefficient (Wildman–Crippen LogP) is 11.7. The Balaban J connectivity index is 0.792. The van der Waals surface area contributed by atoms with Crippen LogP contribution in [0.15, 0.2) is 0 Å². The summed E-state index contributed by atoms with van der Waals surface area (Å²) in [5, 5.41) is 3.82. The largest absolute Gasteiger partial charge is 0.374 e. The lowest BCUT2D eigenvalue weighted by molar-refractivity contribution is -0.0848. The molecule has 0 spiro atoms. The van der Waals surface area contributed by atoms with Gasteiger partial charge in [0.1, 0.15) is 0 Å². The first-order valence-corrected chi connectivity index (χ1v) is 26.6. The maximum Gasteiger partial charge on any atom is 0.0766 e. The third kappa shape index (κ3) is 5.93. The molecule has 0 bridgehead atoms. The van der Waals surface area contributed by atoms with Crippen LogP contribution in [-0.4, -0.2) is 68.4 Å². The quantitative estimate of drug-likeness (QED) is 0.284. The van der Waals surface area contributed by atoms with Crippen LogP contribution in [0.25, 0.3) is 0 Å². The molecule has 12 rings (SSSR count). The normalized spacial score (nSPS) is 57.3. The van der Waals surface area contributed by atoms with Crippen LogP contribution < -0.4 is 0 Å². The minimum absolute atomic E-state index is 0.549. The molecule has 3 nitrogen and oxygen atoms in total. The van der Waals surface area contributed by atoms with Crippen LogP contribution in [0.3, 0.4) is 0 Å². The topological polar surface area (TPSA) is 21.7 Å². The molecule has 8 aliphatic carbocycles. The average molecular weight is 762 g/mol. The van der Waals surface area contributed by atoms with Crippen molar-refractivity contribution in [3.05, 3.63) is 0 Å². The van der Waals surface area contributed by atoms with E-state index in [-0.39, 0.29) is 0 Å². The van der Waals surface area contributed by atoms with Gasteiger partial charge in [-0.05, 0) is 169 Å². The monoisotopic (exact) mass is 762 g/mol. The Hall–Kier alpha value is 0.580. The number of rotatable bonds is 4. The van der Waals surface area contributed by atoms with Crippen molar-refractivity contribution in [3.8, 4) is 0 Å². The third-order valence-electron chi connectivity index (χ3n) is 19.9. The van der Waals surface area contributed by atoms with E-state index in [1.165, 1.54) is 148 Å². The Labute approximate surface area is 332 Å². The second-order valence-corrected chi connectivity index (χ2v) is 24.6. The Bertz CT molecular complexity index is 1260. The van der Waals surface area contributed by atoms with Gasteiger partial charge in [-0.25, -0.2) is 0 Å². The Morgan fingerprint density at radius 3 is 1.83 bits per heavy atom. The number of thioether (sulfide) groups is 2. The molecule has 4 saturated heterocycles. The first kappa shape index (κ1) is 35.5. The molecule has 19 unspecified atom stereocenters. The molecular formula is C48H75NO2S2. The summed E-state index contributed by atoms with van der Waals surface area (Å²) in [7, 11) is 0. The van der Waals surface area contributed by atoms with Crippen molar-refractivity contribution in [2.24, 2.45) is 59.2 Å². The highest BCUT2D eigenvalue weighted by molar-refractivity contribution is 8.01. The second-order valence-electron chi connectivity index (χ2n) is 21.8. The van der Waals surface area contributed by atoms with Gasteiger partial charge in [0.25, 0.3) is 0 Å². The molecule has 0 aromatic rings. The molecule has 0 aromatic heterocycles. The van der Waals surface area contributed by atoms with E-state index in [1.54, 1.807) is 25.7 Å². The van der Waals surface area contributed by atoms with Crippen molar-refractivity contribution in [3.63, 3.8) is 0 Å². The van der Waals surface area contributed by atoms with E-state index in [4.69, 9.17) is 9.47 Å². The van der Waals surface area contributed by atoms with E-state index in [9.17, 15) is 0 Å². The van der Waals surface area contributed by atoms with Crippen LogP contribution in [0.1, 0.15) is 173 Å². The molecule has 12 aliphatic rings. The first-order valence-electron chi connectivity index (χ1n) is 24.7. The maximum atomic E-state index is 7.36. The lowest BCUT2D eigenvalue weighted by Gasteiger charge is -2.54. The van der Waals surface area contributed by atoms with Crippen LogP contribution in [0.4, 0.5) is 0 Å². The van der Waals surface area contributed by atoms with Gasteiger partial charge in [-0.2, -0.15) is 23.5 Å². The molecule has 0 N–H and O–H groups in total. The summed E-state index contributed by atoms with van der Waals surface area (Å²) < 4.78 is 14.3. The molecule has 4 heterocycles. The summed E-state index contributed by atoms with van der Waals surface area (Å²) in [5.74, 6) is 9.69. The number of nitrogens with zero attached hydrogens (tertiary/aromatic N) is 1. The Morgan fingerprint density at radius 1 is 0.358 bits per heavy atom. The molecule has 0 aromatic carbocycles. The number of ether oxygens (including phenoxy) is 2. The second kappa shape index (κ2) is 14.7. The number of hydrogen-bond donors (Lipinski definition) is 0. The summed E-state index contributed by atoms with van der Waals surface area (Å²) in [5.41, 5.74) is 0. The summed E-state index contributed by atoms with van der Waals surface area (Å²) in [6, 6.07) is 2.37. The summed E-state index contributed by atoms with van der Waals surface area (Å²) >= 11 is 5.15. The van der Waals surface area contributed by atoms with Gasteiger partial charge >= 0.3 is 0 Å². The van der Waals surface area contributed by atoms with Crippen molar-refractivity contribution in [2.75, 3.05) is 0 Å². The fourth-order valence-corrected chi connectivity index (χ4v) is 22.8. The smallest absolute Gasteiger partial charge is 0.0766 e. The molecule has 5 heteroatoms. The van der Waals surface area contributed by atoms with Crippen molar-refractivity contribution in [1.29, 1.82) is 0 Å². The SMILES string of the molecule is C1CCC2C(C1)OC1C2CCCC1N(C1CCC(C2CCCC3C4CCC5OC6CCCCC6C5C4SC23)CC1)C1CCCC2C3CCCCC3SC21. The van der Waals surface area contributed by atoms with Gasteiger partial charge < -0.3 is 9.47 Å². The standard InChI is InChI=1S/C48H75NO2S2/c1-4-19-40-31(10-1)33-14-8-17-38(45(33)51-40)49(39-18-9-16-34-32-11-3-6-21-43(32)52-47(34)39)29-24-22-28(23-25-29)30-13-7-15-35-36-26-27-42-44(48(36)53-46(30)35)37-12-2-5-20-41(37)50-42/h28-48H,1-27H2. The van der Waals surface area contributed by atoms with Gasteiger partial charge in [-0.3, -0.25) is 4.90 Å². The molecule has 8 saturated carbocycles. The minimum Gasteiger partial charge on any atom is -0.374 e. The van der Waals surface area contributed by atoms with Crippen molar-refractivity contribution >= 4 is 23.5 Å². The van der Waals surface area contributed by atoms with E-state index in [0.29, 0.717) is 30.5 Å². The molecular weight excluding hydrogens is 687 g/mol. The molecule has 296 valence electrons. The van der Waals surface area contributed by atoms with Gasteiger partial charge in [0, 0.05) is 45.0 Å². The van der Waals surface area contributed by atoms with Crippen molar-refractivity contribution < 1.29 is 9.47 Å². The average Bonchev–Trinajstić information content (AvgIpc) is 3.98. The highest BCUT2D eigenvalue weighted by atomic mass is 32.2. The number of fused-ring (bicyclic) bond motifs is 13. The van der Waals surface area contributed by atoms with Crippen LogP contribution in [0, 0.1) is 59.2 Å². The Morgan fingerprint density at radius 2 is 0.981 bits per heavy atom. The van der Waals surface area contributed by atoms with E-state index in [0.717, 1.165) is 92.3 Å². The summed E-state index contributed by atoms with van der Waals surface area (Å²) in [6.07, 6.45) is 42.5. The van der Waals surface area contributed by atoms with Gasteiger partial charge in [-0.1, -0.05) is 57.8 Å². The fourth-order valence-electron chi connectivity index (χ4n) is 18.0. The van der Waals surface area contributed by atoms with Crippen molar-refractivity contribution in [1.82, 2.24) is 4.90 Å². The highest BCUT2D eigenvalue weighted by Crippen LogP contribution is 2.64. The van der Waals surface area contributed by atoms with E-state index < -0.39 is 0 Å². The van der Waals surface area contributed by atoms with E-state index in [1.807, 2.05) is 0 Å². The van der Waals surface area contributed by atoms with Gasteiger partial charge in [-0.15, -0.1) is 0 Å². The predicted molar refractivity (Wildman–Crippen MR) is 220 cm³/mol. The zero-order valence-corrected chi connectivity index (χ0v) is 34.9. The van der Waals surface area contributed by atoms with Gasteiger partial charge in [0.05, 0.1) is 24.4 Å². The van der Waals surface area contributed by atoms with E-state index in [2.05, 4.69) is 28.4 Å². The third-order valence-corrected chi connectivity index (χ3v) is 23.8. The lowest BCUT2D eigenvalue weighted by atomic mass is 9.62. The van der Waals surface area contributed by atoms with Gasteiger partial charge in [0.2, 0.25) is 0 Å². The molecule has 0 amide bonds. The van der Waals surface area contributed by atoms with Crippen LogP contribution >= 0.6 is 23.5 Å². The Kier molecular flexibility index (Phi) is 9.85. The lowest BCUT2D eigenvalue weighted by Crippen LogP contribution is -2.61. The van der Waals surface area contributed by atoms with Crippen LogP contribution in [0.5, 0.6) is 0 Å². The van der Waals surface area contributed by atoms with Gasteiger partial charge in [0.15, 0.2) is 0 Å². The summed E-state index contributed by atoms with van der Waals surface area (Å²) in [4.78, 5) is 3.38. The van der Waals surface area contributed by atoms with E-state index >= 15 is 0 Å². The zero-order valence-electron chi connectivity index (χ0n) is 33.3. The van der Waals surface area contributed by atoms with Crippen LogP contribution in [0.2, 0.25) is 0 Å². The number of hydrogen-bond acceptors (Lipinski definition) is 5. The minimum atomic E-state index is 0.549. The zero-order chi connectivity index (χ0) is 34.6. The highest BCUT2D eigenvalue weighted by Gasteiger charge is 2.61. The van der Waals surface area contributed by atoms with Crippen molar-refractivity contribution in [2.45, 2.75) is 237 Å². The van der Waals surface area contributed by atoms with Crippen LogP contribution in [-0.2, 0) is 9.47 Å². The first-order chi connectivity index (χ1) is 26.3. The summed E-state index contributed by atoms with van der Waals surface area (Å²) in [6.45, 7) is 0. The molecule has 0 radical (unpaired) electrons. The molecule has 12 fully saturated rings.